The highest BCUT2D eigenvalue weighted by molar-refractivity contribution is 7.91. The SMILES string of the molecule is Cl.O=S(=O)(c1ccccc1)c1cc(N2CCNCC2)c2ccccc2n1. The summed E-state index contributed by atoms with van der Waals surface area (Å²) < 4.78 is 26.0. The number of rotatable bonds is 3. The van der Waals surface area contributed by atoms with Crippen LogP contribution in [0.4, 0.5) is 5.69 Å². The zero-order chi connectivity index (χ0) is 17.3. The summed E-state index contributed by atoms with van der Waals surface area (Å²) in [6.45, 7) is 3.46. The van der Waals surface area contributed by atoms with Crippen molar-refractivity contribution in [1.29, 1.82) is 0 Å². The minimum absolute atomic E-state index is 0. The molecule has 7 heteroatoms. The first-order valence-corrected chi connectivity index (χ1v) is 9.80. The Labute approximate surface area is 159 Å². The first kappa shape index (κ1) is 18.6. The molecule has 1 fully saturated rings. The van der Waals surface area contributed by atoms with E-state index in [1.54, 1.807) is 36.4 Å². The third-order valence-electron chi connectivity index (χ3n) is 4.46. The second-order valence-corrected chi connectivity index (χ2v) is 7.95. The average Bonchev–Trinajstić information content (AvgIpc) is 2.68. The molecular weight excluding hydrogens is 370 g/mol. The summed E-state index contributed by atoms with van der Waals surface area (Å²) in [5.41, 5.74) is 1.63. The van der Waals surface area contributed by atoms with E-state index in [0.717, 1.165) is 37.3 Å². The molecule has 0 bridgehead atoms. The molecule has 2 heterocycles. The Kier molecular flexibility index (Phi) is 5.46. The number of benzene rings is 2. The van der Waals surface area contributed by atoms with Gasteiger partial charge in [0.1, 0.15) is 0 Å². The normalized spacial score (nSPS) is 14.8. The fourth-order valence-electron chi connectivity index (χ4n) is 3.16. The van der Waals surface area contributed by atoms with E-state index >= 15 is 0 Å². The summed E-state index contributed by atoms with van der Waals surface area (Å²) in [6.07, 6.45) is 0. The lowest BCUT2D eigenvalue weighted by molar-refractivity contribution is 0.587. The molecule has 0 spiro atoms. The number of anilines is 1. The predicted molar refractivity (Wildman–Crippen MR) is 106 cm³/mol. The van der Waals surface area contributed by atoms with E-state index in [2.05, 4.69) is 15.2 Å². The molecule has 0 radical (unpaired) electrons. The van der Waals surface area contributed by atoms with Crippen molar-refractivity contribution in [3.63, 3.8) is 0 Å². The van der Waals surface area contributed by atoms with Gasteiger partial charge in [-0.25, -0.2) is 13.4 Å². The third kappa shape index (κ3) is 3.40. The smallest absolute Gasteiger partial charge is 0.223 e. The van der Waals surface area contributed by atoms with Crippen molar-refractivity contribution in [1.82, 2.24) is 10.3 Å². The van der Waals surface area contributed by atoms with Crippen molar-refractivity contribution in [3.05, 3.63) is 60.7 Å². The van der Waals surface area contributed by atoms with Gasteiger partial charge in [0.25, 0.3) is 0 Å². The molecule has 0 aliphatic carbocycles. The molecule has 0 saturated carbocycles. The van der Waals surface area contributed by atoms with E-state index < -0.39 is 9.84 Å². The molecule has 136 valence electrons. The number of halogens is 1. The van der Waals surface area contributed by atoms with Gasteiger partial charge in [-0.2, -0.15) is 0 Å². The topological polar surface area (TPSA) is 62.3 Å². The lowest BCUT2D eigenvalue weighted by Gasteiger charge is -2.30. The van der Waals surface area contributed by atoms with Crippen molar-refractivity contribution in [2.24, 2.45) is 0 Å². The van der Waals surface area contributed by atoms with Gasteiger partial charge in [0.2, 0.25) is 9.84 Å². The number of fused-ring (bicyclic) bond motifs is 1. The van der Waals surface area contributed by atoms with E-state index in [1.165, 1.54) is 0 Å². The van der Waals surface area contributed by atoms with Crippen LogP contribution < -0.4 is 10.2 Å². The number of hydrogen-bond donors (Lipinski definition) is 1. The van der Waals surface area contributed by atoms with Gasteiger partial charge in [0.15, 0.2) is 5.03 Å². The molecule has 0 amide bonds. The summed E-state index contributed by atoms with van der Waals surface area (Å²) in [4.78, 5) is 6.94. The molecule has 1 N–H and O–H groups in total. The minimum atomic E-state index is -3.65. The Hall–Kier alpha value is -2.15. The van der Waals surface area contributed by atoms with E-state index in [0.29, 0.717) is 5.52 Å². The predicted octanol–water partition coefficient (Wildman–Crippen LogP) is 2.90. The van der Waals surface area contributed by atoms with Crippen LogP contribution in [-0.2, 0) is 9.84 Å². The molecule has 4 rings (SSSR count). The second kappa shape index (κ2) is 7.61. The summed E-state index contributed by atoms with van der Waals surface area (Å²) in [5, 5.41) is 4.41. The maximum absolute atomic E-state index is 13.0. The molecule has 1 aliphatic heterocycles. The standard InChI is InChI=1S/C19H19N3O2S.ClH/c23-25(24,15-6-2-1-3-7-15)19-14-18(22-12-10-20-11-13-22)16-8-4-5-9-17(16)21-19;/h1-9,14,20H,10-13H2;1H. The van der Waals surface area contributed by atoms with Crippen molar-refractivity contribution in [3.8, 4) is 0 Å². The van der Waals surface area contributed by atoms with Crippen molar-refractivity contribution in [2.75, 3.05) is 31.1 Å². The van der Waals surface area contributed by atoms with Crippen LogP contribution >= 0.6 is 12.4 Å². The van der Waals surface area contributed by atoms with E-state index in [9.17, 15) is 8.42 Å². The number of para-hydroxylation sites is 1. The molecular formula is C19H20ClN3O2S. The monoisotopic (exact) mass is 389 g/mol. The Morgan fingerprint density at radius 1 is 0.923 bits per heavy atom. The molecule has 2 aromatic carbocycles. The fraction of sp³-hybridized carbons (Fsp3) is 0.211. The quantitative estimate of drug-likeness (QED) is 0.746. The Morgan fingerprint density at radius 2 is 1.58 bits per heavy atom. The zero-order valence-corrected chi connectivity index (χ0v) is 15.8. The molecule has 5 nitrogen and oxygen atoms in total. The second-order valence-electron chi connectivity index (χ2n) is 6.05. The molecule has 0 atom stereocenters. The Morgan fingerprint density at radius 3 is 2.31 bits per heavy atom. The first-order valence-electron chi connectivity index (χ1n) is 8.32. The van der Waals surface area contributed by atoms with Crippen molar-refractivity contribution >= 4 is 38.8 Å². The third-order valence-corrected chi connectivity index (χ3v) is 6.11. The largest absolute Gasteiger partial charge is 0.368 e. The van der Waals surface area contributed by atoms with Crippen LogP contribution in [0, 0.1) is 0 Å². The summed E-state index contributed by atoms with van der Waals surface area (Å²) in [7, 11) is -3.65. The highest BCUT2D eigenvalue weighted by atomic mass is 35.5. The molecule has 0 unspecified atom stereocenters. The average molecular weight is 390 g/mol. The van der Waals surface area contributed by atoms with Gasteiger partial charge >= 0.3 is 0 Å². The fourth-order valence-corrected chi connectivity index (χ4v) is 4.40. The lowest BCUT2D eigenvalue weighted by atomic mass is 10.1. The van der Waals surface area contributed by atoms with Crippen molar-refractivity contribution < 1.29 is 8.42 Å². The number of nitrogens with zero attached hydrogens (tertiary/aromatic N) is 2. The maximum Gasteiger partial charge on any atom is 0.223 e. The van der Waals surface area contributed by atoms with Crippen LogP contribution in [0.2, 0.25) is 0 Å². The summed E-state index contributed by atoms with van der Waals surface area (Å²) in [5.74, 6) is 0. The van der Waals surface area contributed by atoms with Gasteiger partial charge in [-0.15, -0.1) is 12.4 Å². The van der Waals surface area contributed by atoms with Gasteiger partial charge < -0.3 is 10.2 Å². The van der Waals surface area contributed by atoms with Crippen LogP contribution in [0.3, 0.4) is 0 Å². The highest BCUT2D eigenvalue weighted by Gasteiger charge is 2.23. The Balaban J connectivity index is 0.00000196. The number of pyridine rings is 1. The number of piperazine rings is 1. The Bertz CT molecular complexity index is 1000. The van der Waals surface area contributed by atoms with Gasteiger partial charge in [-0.05, 0) is 24.3 Å². The van der Waals surface area contributed by atoms with Gasteiger partial charge in [-0.1, -0.05) is 36.4 Å². The van der Waals surface area contributed by atoms with Crippen LogP contribution in [0.25, 0.3) is 10.9 Å². The number of aromatic nitrogens is 1. The summed E-state index contributed by atoms with van der Waals surface area (Å²) >= 11 is 0. The molecule has 1 aromatic heterocycles. The van der Waals surface area contributed by atoms with Gasteiger partial charge in [0.05, 0.1) is 10.4 Å². The maximum atomic E-state index is 13.0. The highest BCUT2D eigenvalue weighted by Crippen LogP contribution is 2.30. The minimum Gasteiger partial charge on any atom is -0.368 e. The zero-order valence-electron chi connectivity index (χ0n) is 14.1. The summed E-state index contributed by atoms with van der Waals surface area (Å²) in [6, 6.07) is 17.9. The number of nitrogens with one attached hydrogen (secondary N) is 1. The van der Waals surface area contributed by atoms with Crippen LogP contribution in [0.15, 0.2) is 70.6 Å². The van der Waals surface area contributed by atoms with E-state index in [4.69, 9.17) is 0 Å². The molecule has 1 saturated heterocycles. The molecule has 3 aromatic rings. The van der Waals surface area contributed by atoms with E-state index in [-0.39, 0.29) is 22.3 Å². The molecule has 26 heavy (non-hydrogen) atoms. The van der Waals surface area contributed by atoms with Crippen LogP contribution in [-0.4, -0.2) is 39.6 Å². The van der Waals surface area contributed by atoms with Crippen LogP contribution in [0.5, 0.6) is 0 Å². The van der Waals surface area contributed by atoms with Crippen molar-refractivity contribution in [2.45, 2.75) is 9.92 Å². The van der Waals surface area contributed by atoms with E-state index in [1.807, 2.05) is 24.3 Å². The number of hydrogen-bond acceptors (Lipinski definition) is 5. The van der Waals surface area contributed by atoms with Gasteiger partial charge in [-0.3, -0.25) is 0 Å². The lowest BCUT2D eigenvalue weighted by Crippen LogP contribution is -2.43. The van der Waals surface area contributed by atoms with Gasteiger partial charge in [0, 0.05) is 37.3 Å². The van der Waals surface area contributed by atoms with Crippen LogP contribution in [0.1, 0.15) is 0 Å². The molecule has 1 aliphatic rings. The number of sulfone groups is 1. The first-order chi connectivity index (χ1) is 12.2.